The molecule has 4 rings (SSSR count). The van der Waals surface area contributed by atoms with Crippen molar-refractivity contribution in [1.29, 1.82) is 0 Å². The number of methoxy groups -OCH3 is 1. The number of carbonyl (C=O) groups is 1. The molecule has 1 aliphatic rings. The summed E-state index contributed by atoms with van der Waals surface area (Å²) in [6.45, 7) is 5.30. The molecule has 1 saturated heterocycles. The van der Waals surface area contributed by atoms with E-state index in [0.29, 0.717) is 24.2 Å². The zero-order valence-corrected chi connectivity index (χ0v) is 17.8. The largest absolute Gasteiger partial charge is 0.497 e. The highest BCUT2D eigenvalue weighted by molar-refractivity contribution is 7.18. The second kappa shape index (κ2) is 7.99. The zero-order chi connectivity index (χ0) is 20.5. The van der Waals surface area contributed by atoms with E-state index in [4.69, 9.17) is 9.72 Å². The molecule has 1 amide bonds. The first kappa shape index (κ1) is 19.6. The Balaban J connectivity index is 1.53. The summed E-state index contributed by atoms with van der Waals surface area (Å²) in [7, 11) is 1.62. The molecule has 1 fully saturated rings. The minimum absolute atomic E-state index is 0.0535. The van der Waals surface area contributed by atoms with Crippen LogP contribution in [-0.4, -0.2) is 41.0 Å². The number of fused-ring (bicyclic) bond motifs is 1. The predicted molar refractivity (Wildman–Crippen MR) is 115 cm³/mol. The number of likely N-dealkylation sites (tertiary alicyclic amines) is 1. The first-order valence-electron chi connectivity index (χ1n) is 9.87. The Kier molecular flexibility index (Phi) is 5.41. The maximum Gasteiger partial charge on any atom is 0.259 e. The number of amides is 1. The predicted octanol–water partition coefficient (Wildman–Crippen LogP) is 3.56. The van der Waals surface area contributed by atoms with Gasteiger partial charge in [-0.2, -0.15) is 0 Å². The van der Waals surface area contributed by atoms with Crippen molar-refractivity contribution in [3.8, 4) is 5.75 Å². The molecule has 3 heterocycles. The lowest BCUT2D eigenvalue weighted by Crippen LogP contribution is -2.40. The third kappa shape index (κ3) is 3.92. The van der Waals surface area contributed by atoms with Gasteiger partial charge in [0.15, 0.2) is 0 Å². The average molecular weight is 412 g/mol. The highest BCUT2D eigenvalue weighted by Crippen LogP contribution is 2.29. The van der Waals surface area contributed by atoms with Gasteiger partial charge < -0.3 is 14.6 Å². The molecule has 0 bridgehead atoms. The van der Waals surface area contributed by atoms with Gasteiger partial charge in [0.05, 0.1) is 18.9 Å². The molecule has 0 radical (unpaired) electrons. The van der Waals surface area contributed by atoms with E-state index in [0.717, 1.165) is 46.0 Å². The van der Waals surface area contributed by atoms with Crippen molar-refractivity contribution in [2.24, 2.45) is 0 Å². The van der Waals surface area contributed by atoms with Gasteiger partial charge >= 0.3 is 0 Å². The molecule has 3 aromatic rings. The van der Waals surface area contributed by atoms with Gasteiger partial charge in [0, 0.05) is 23.9 Å². The van der Waals surface area contributed by atoms with Gasteiger partial charge in [0.25, 0.3) is 5.56 Å². The number of hydrogen-bond acceptors (Lipinski definition) is 5. The fourth-order valence-corrected chi connectivity index (χ4v) is 5.00. The molecule has 6 nitrogen and oxygen atoms in total. The van der Waals surface area contributed by atoms with Crippen LogP contribution in [0.4, 0.5) is 0 Å². The first-order chi connectivity index (χ1) is 14.0. The van der Waals surface area contributed by atoms with Crippen molar-refractivity contribution in [2.75, 3.05) is 20.2 Å². The fraction of sp³-hybridized carbons (Fsp3) is 0.409. The van der Waals surface area contributed by atoms with Crippen LogP contribution in [0, 0.1) is 13.8 Å². The third-order valence-electron chi connectivity index (χ3n) is 5.71. The second-order valence-corrected chi connectivity index (χ2v) is 8.82. The normalized spacial score (nSPS) is 16.9. The number of ether oxygens (including phenoxy) is 1. The summed E-state index contributed by atoms with van der Waals surface area (Å²) in [6.07, 6.45) is 2.16. The van der Waals surface area contributed by atoms with E-state index in [-0.39, 0.29) is 17.4 Å². The summed E-state index contributed by atoms with van der Waals surface area (Å²) in [5, 5.41) is 0.693. The summed E-state index contributed by atoms with van der Waals surface area (Å²) < 4.78 is 5.25. The summed E-state index contributed by atoms with van der Waals surface area (Å²) in [5.41, 5.74) is 1.87. The van der Waals surface area contributed by atoms with Crippen LogP contribution < -0.4 is 10.3 Å². The molecule has 29 heavy (non-hydrogen) atoms. The number of benzene rings is 1. The van der Waals surface area contributed by atoms with Crippen molar-refractivity contribution < 1.29 is 9.53 Å². The monoisotopic (exact) mass is 411 g/mol. The molecule has 1 unspecified atom stereocenters. The van der Waals surface area contributed by atoms with E-state index in [1.54, 1.807) is 18.4 Å². The van der Waals surface area contributed by atoms with E-state index in [1.165, 1.54) is 0 Å². The molecule has 152 valence electrons. The number of H-pyrrole nitrogens is 1. The molecule has 2 aromatic heterocycles. The third-order valence-corrected chi connectivity index (χ3v) is 6.81. The quantitative estimate of drug-likeness (QED) is 0.712. The number of piperidine rings is 1. The summed E-state index contributed by atoms with van der Waals surface area (Å²) >= 11 is 1.56. The Morgan fingerprint density at radius 2 is 2.21 bits per heavy atom. The lowest BCUT2D eigenvalue weighted by molar-refractivity contribution is -0.131. The van der Waals surface area contributed by atoms with Crippen LogP contribution in [0.1, 0.15) is 40.6 Å². The van der Waals surface area contributed by atoms with Crippen molar-refractivity contribution in [1.82, 2.24) is 14.9 Å². The van der Waals surface area contributed by atoms with Gasteiger partial charge in [0.1, 0.15) is 16.4 Å². The average Bonchev–Trinajstić information content (AvgIpc) is 3.02. The molecule has 1 N–H and O–H groups in total. The van der Waals surface area contributed by atoms with E-state index in [2.05, 4.69) is 4.98 Å². The Morgan fingerprint density at radius 3 is 3.00 bits per heavy atom. The molecular formula is C22H25N3O3S. The number of nitrogens with zero attached hydrogens (tertiary/aromatic N) is 2. The minimum atomic E-state index is -0.0771. The Hall–Kier alpha value is -2.67. The summed E-state index contributed by atoms with van der Waals surface area (Å²) in [4.78, 5) is 37.0. The van der Waals surface area contributed by atoms with Crippen molar-refractivity contribution in [3.05, 3.63) is 56.4 Å². The molecule has 0 aliphatic carbocycles. The van der Waals surface area contributed by atoms with Gasteiger partial charge in [-0.05, 0) is 49.9 Å². The highest BCUT2D eigenvalue weighted by Gasteiger charge is 2.27. The van der Waals surface area contributed by atoms with Crippen LogP contribution in [0.2, 0.25) is 0 Å². The van der Waals surface area contributed by atoms with Crippen molar-refractivity contribution in [2.45, 2.75) is 39.0 Å². The topological polar surface area (TPSA) is 75.3 Å². The highest BCUT2D eigenvalue weighted by atomic mass is 32.1. The molecule has 1 aliphatic heterocycles. The number of aryl methyl sites for hydroxylation is 2. The molecule has 0 saturated carbocycles. The van der Waals surface area contributed by atoms with Crippen LogP contribution >= 0.6 is 11.3 Å². The maximum atomic E-state index is 12.9. The Morgan fingerprint density at radius 1 is 1.38 bits per heavy atom. The standard InChI is InChI=1S/C22H25N3O3S/c1-13-14(2)29-22-19(13)21(27)23-20(24-22)16-7-5-9-25(12-16)18(26)11-15-6-4-8-17(10-15)28-3/h4,6,8,10,16H,5,7,9,11-12H2,1-3H3,(H,23,24,27). The summed E-state index contributed by atoms with van der Waals surface area (Å²) in [5.74, 6) is 1.60. The van der Waals surface area contributed by atoms with Crippen LogP contribution in [0.5, 0.6) is 5.75 Å². The maximum absolute atomic E-state index is 12.9. The van der Waals surface area contributed by atoms with Gasteiger partial charge in [-0.1, -0.05) is 12.1 Å². The molecular weight excluding hydrogens is 386 g/mol. The van der Waals surface area contributed by atoms with Crippen LogP contribution in [0.25, 0.3) is 10.2 Å². The Labute approximate surface area is 173 Å². The number of thiophene rings is 1. The molecule has 1 atom stereocenters. The number of hydrogen-bond donors (Lipinski definition) is 1. The number of rotatable bonds is 4. The van der Waals surface area contributed by atoms with Crippen LogP contribution in [0.3, 0.4) is 0 Å². The van der Waals surface area contributed by atoms with E-state index in [9.17, 15) is 9.59 Å². The number of carbonyl (C=O) groups excluding carboxylic acids is 1. The minimum Gasteiger partial charge on any atom is -0.497 e. The van der Waals surface area contributed by atoms with E-state index >= 15 is 0 Å². The summed E-state index contributed by atoms with van der Waals surface area (Å²) in [6, 6.07) is 7.61. The molecule has 1 aromatic carbocycles. The van der Waals surface area contributed by atoms with Gasteiger partial charge in [-0.25, -0.2) is 4.98 Å². The van der Waals surface area contributed by atoms with Crippen LogP contribution in [0.15, 0.2) is 29.1 Å². The van der Waals surface area contributed by atoms with Gasteiger partial charge in [-0.15, -0.1) is 11.3 Å². The number of aromatic amines is 1. The zero-order valence-electron chi connectivity index (χ0n) is 16.9. The van der Waals surface area contributed by atoms with Crippen molar-refractivity contribution >= 4 is 27.5 Å². The van der Waals surface area contributed by atoms with E-state index in [1.807, 2.05) is 43.0 Å². The van der Waals surface area contributed by atoms with Crippen molar-refractivity contribution in [3.63, 3.8) is 0 Å². The molecule has 7 heteroatoms. The van der Waals surface area contributed by atoms with Gasteiger partial charge in [0.2, 0.25) is 5.91 Å². The molecule has 0 spiro atoms. The lowest BCUT2D eigenvalue weighted by atomic mass is 9.96. The fourth-order valence-electron chi connectivity index (χ4n) is 3.96. The first-order valence-corrected chi connectivity index (χ1v) is 10.7. The smallest absolute Gasteiger partial charge is 0.259 e. The lowest BCUT2D eigenvalue weighted by Gasteiger charge is -2.32. The second-order valence-electron chi connectivity index (χ2n) is 7.62. The van der Waals surface area contributed by atoms with Gasteiger partial charge in [-0.3, -0.25) is 9.59 Å². The number of nitrogens with one attached hydrogen (secondary N) is 1. The SMILES string of the molecule is COc1cccc(CC(=O)N2CCCC(c3nc4sc(C)c(C)c4c(=O)[nH]3)C2)c1. The Bertz CT molecular complexity index is 1120. The number of aromatic nitrogens is 2. The van der Waals surface area contributed by atoms with Crippen LogP contribution in [-0.2, 0) is 11.2 Å². The van der Waals surface area contributed by atoms with E-state index < -0.39 is 0 Å².